The Morgan fingerprint density at radius 1 is 1.55 bits per heavy atom. The largest absolute Gasteiger partial charge is 0.348 e. The lowest BCUT2D eigenvalue weighted by atomic mass is 10.4. The fourth-order valence-corrected chi connectivity index (χ4v) is 1.11. The summed E-state index contributed by atoms with van der Waals surface area (Å²) in [7, 11) is 0. The molecular formula is C8H8N2O. The smallest absolute Gasteiger partial charge is 0.176 e. The first-order chi connectivity index (χ1) is 5.36. The molecule has 3 nitrogen and oxygen atoms in total. The van der Waals surface area contributed by atoms with Crippen molar-refractivity contribution in [2.24, 2.45) is 0 Å². The van der Waals surface area contributed by atoms with Crippen LogP contribution in [0.5, 0.6) is 0 Å². The van der Waals surface area contributed by atoms with Gasteiger partial charge >= 0.3 is 0 Å². The average molecular weight is 148 g/mol. The SMILES string of the molecule is O=C1C=CN(c2ccc[nH]2)C1. The van der Waals surface area contributed by atoms with Gasteiger partial charge in [-0.1, -0.05) is 0 Å². The fourth-order valence-electron chi connectivity index (χ4n) is 1.11. The van der Waals surface area contributed by atoms with E-state index in [0.29, 0.717) is 6.54 Å². The van der Waals surface area contributed by atoms with Gasteiger partial charge in [-0.2, -0.15) is 0 Å². The zero-order valence-corrected chi connectivity index (χ0v) is 5.95. The molecule has 1 aliphatic rings. The second kappa shape index (κ2) is 2.27. The molecule has 0 amide bonds. The first-order valence-electron chi connectivity index (χ1n) is 3.47. The van der Waals surface area contributed by atoms with E-state index < -0.39 is 0 Å². The van der Waals surface area contributed by atoms with Crippen molar-refractivity contribution in [3.63, 3.8) is 0 Å². The van der Waals surface area contributed by atoms with E-state index in [1.807, 2.05) is 23.2 Å². The standard InChI is InChI=1S/C8H8N2O/c11-7-3-5-10(6-7)8-2-1-4-9-8/h1-5,9H,6H2. The van der Waals surface area contributed by atoms with E-state index >= 15 is 0 Å². The van der Waals surface area contributed by atoms with Gasteiger partial charge in [0.2, 0.25) is 0 Å². The molecule has 2 heterocycles. The summed E-state index contributed by atoms with van der Waals surface area (Å²) in [6, 6.07) is 3.84. The van der Waals surface area contributed by atoms with E-state index in [1.54, 1.807) is 12.3 Å². The Hall–Kier alpha value is -1.51. The number of rotatable bonds is 1. The van der Waals surface area contributed by atoms with E-state index in [2.05, 4.69) is 4.98 Å². The van der Waals surface area contributed by atoms with Gasteiger partial charge in [0, 0.05) is 12.4 Å². The van der Waals surface area contributed by atoms with Gasteiger partial charge in [-0.3, -0.25) is 4.79 Å². The zero-order chi connectivity index (χ0) is 7.68. The maximum atomic E-state index is 10.8. The number of aromatic amines is 1. The first-order valence-corrected chi connectivity index (χ1v) is 3.47. The predicted octanol–water partition coefficient (Wildman–Crippen LogP) is 0.917. The third-order valence-corrected chi connectivity index (χ3v) is 1.66. The molecule has 0 saturated carbocycles. The van der Waals surface area contributed by atoms with Crippen molar-refractivity contribution in [1.82, 2.24) is 4.98 Å². The van der Waals surface area contributed by atoms with Crippen molar-refractivity contribution < 1.29 is 4.79 Å². The first kappa shape index (κ1) is 6.22. The minimum absolute atomic E-state index is 0.152. The highest BCUT2D eigenvalue weighted by molar-refractivity contribution is 5.97. The zero-order valence-electron chi connectivity index (χ0n) is 5.95. The molecule has 1 aromatic rings. The van der Waals surface area contributed by atoms with E-state index in [1.165, 1.54) is 0 Å². The third kappa shape index (κ3) is 1.05. The monoisotopic (exact) mass is 148 g/mol. The maximum Gasteiger partial charge on any atom is 0.176 e. The van der Waals surface area contributed by atoms with Gasteiger partial charge < -0.3 is 9.88 Å². The van der Waals surface area contributed by atoms with Crippen molar-refractivity contribution in [2.45, 2.75) is 0 Å². The lowest BCUT2D eigenvalue weighted by Crippen LogP contribution is -2.16. The number of carbonyl (C=O) groups excluding carboxylic acids is 1. The van der Waals surface area contributed by atoms with E-state index in [4.69, 9.17) is 0 Å². The molecule has 0 radical (unpaired) electrons. The third-order valence-electron chi connectivity index (χ3n) is 1.66. The molecule has 0 saturated heterocycles. The lowest BCUT2D eigenvalue weighted by Gasteiger charge is -2.10. The Balaban J connectivity index is 2.21. The molecule has 0 aromatic carbocycles. The normalized spacial score (nSPS) is 16.4. The number of aromatic nitrogens is 1. The Bertz CT molecular complexity index is 287. The Kier molecular flexibility index (Phi) is 1.28. The van der Waals surface area contributed by atoms with Gasteiger partial charge in [0.1, 0.15) is 5.82 Å². The fraction of sp³-hybridized carbons (Fsp3) is 0.125. The Morgan fingerprint density at radius 2 is 2.45 bits per heavy atom. The summed E-state index contributed by atoms with van der Waals surface area (Å²) in [6.07, 6.45) is 5.21. The average Bonchev–Trinajstić information content (AvgIpc) is 2.55. The van der Waals surface area contributed by atoms with Gasteiger partial charge in [0.05, 0.1) is 6.54 Å². The van der Waals surface area contributed by atoms with Crippen LogP contribution in [0.15, 0.2) is 30.6 Å². The van der Waals surface area contributed by atoms with Gasteiger partial charge in [0.25, 0.3) is 0 Å². The van der Waals surface area contributed by atoms with Crippen LogP contribution in [-0.2, 0) is 4.79 Å². The Morgan fingerprint density at radius 3 is 3.00 bits per heavy atom. The lowest BCUT2D eigenvalue weighted by molar-refractivity contribution is -0.112. The highest BCUT2D eigenvalue weighted by Gasteiger charge is 2.13. The number of H-pyrrole nitrogens is 1. The van der Waals surface area contributed by atoms with Gasteiger partial charge in [-0.25, -0.2) is 0 Å². The number of nitrogens with zero attached hydrogens (tertiary/aromatic N) is 1. The summed E-state index contributed by atoms with van der Waals surface area (Å²) in [5, 5.41) is 0. The highest BCUT2D eigenvalue weighted by Crippen LogP contribution is 2.13. The number of hydrogen-bond acceptors (Lipinski definition) is 2. The maximum absolute atomic E-state index is 10.8. The van der Waals surface area contributed by atoms with Crippen molar-refractivity contribution in [3.05, 3.63) is 30.6 Å². The van der Waals surface area contributed by atoms with Gasteiger partial charge in [0.15, 0.2) is 5.78 Å². The van der Waals surface area contributed by atoms with Crippen LogP contribution in [0.2, 0.25) is 0 Å². The van der Waals surface area contributed by atoms with Crippen LogP contribution in [-0.4, -0.2) is 17.3 Å². The molecule has 1 aromatic heterocycles. The van der Waals surface area contributed by atoms with Crippen LogP contribution in [0.1, 0.15) is 0 Å². The number of anilines is 1. The molecule has 3 heteroatoms. The van der Waals surface area contributed by atoms with Crippen molar-refractivity contribution >= 4 is 11.6 Å². The predicted molar refractivity (Wildman–Crippen MR) is 42.3 cm³/mol. The van der Waals surface area contributed by atoms with Gasteiger partial charge in [-0.05, 0) is 18.2 Å². The molecule has 0 fully saturated rings. The summed E-state index contributed by atoms with van der Waals surface area (Å²) < 4.78 is 0. The van der Waals surface area contributed by atoms with E-state index in [0.717, 1.165) is 5.82 Å². The molecule has 0 atom stereocenters. The summed E-state index contributed by atoms with van der Waals surface area (Å²) in [4.78, 5) is 15.7. The van der Waals surface area contributed by atoms with Crippen molar-refractivity contribution in [3.8, 4) is 0 Å². The second-order valence-electron chi connectivity index (χ2n) is 2.47. The second-order valence-corrected chi connectivity index (χ2v) is 2.47. The number of carbonyl (C=O) groups is 1. The number of hydrogen-bond donors (Lipinski definition) is 1. The van der Waals surface area contributed by atoms with E-state index in [9.17, 15) is 4.79 Å². The van der Waals surface area contributed by atoms with Gasteiger partial charge in [-0.15, -0.1) is 0 Å². The molecule has 1 aliphatic heterocycles. The summed E-state index contributed by atoms with van der Waals surface area (Å²) in [5.74, 6) is 1.12. The summed E-state index contributed by atoms with van der Waals surface area (Å²) >= 11 is 0. The minimum Gasteiger partial charge on any atom is -0.348 e. The highest BCUT2D eigenvalue weighted by atomic mass is 16.1. The number of ketones is 1. The van der Waals surface area contributed by atoms with Crippen LogP contribution in [0.4, 0.5) is 5.82 Å². The van der Waals surface area contributed by atoms with Crippen molar-refractivity contribution in [1.29, 1.82) is 0 Å². The van der Waals surface area contributed by atoms with Crippen LogP contribution >= 0.6 is 0 Å². The van der Waals surface area contributed by atoms with Crippen LogP contribution in [0.25, 0.3) is 0 Å². The topological polar surface area (TPSA) is 36.1 Å². The molecule has 0 bridgehead atoms. The summed E-state index contributed by atoms with van der Waals surface area (Å²) in [6.45, 7) is 0.459. The molecule has 0 spiro atoms. The molecule has 0 aliphatic carbocycles. The minimum atomic E-state index is 0.152. The van der Waals surface area contributed by atoms with E-state index in [-0.39, 0.29) is 5.78 Å². The van der Waals surface area contributed by atoms with Crippen LogP contribution in [0, 0.1) is 0 Å². The quantitative estimate of drug-likeness (QED) is 0.642. The molecule has 0 unspecified atom stereocenters. The Labute approximate surface area is 64.3 Å². The summed E-state index contributed by atoms with van der Waals surface area (Å²) in [5.41, 5.74) is 0. The van der Waals surface area contributed by atoms with Crippen LogP contribution in [0.3, 0.4) is 0 Å². The van der Waals surface area contributed by atoms with Crippen molar-refractivity contribution in [2.75, 3.05) is 11.4 Å². The van der Waals surface area contributed by atoms with Crippen LogP contribution < -0.4 is 4.90 Å². The molecule has 56 valence electrons. The molecule has 2 rings (SSSR count). The molecule has 1 N–H and O–H groups in total. The number of nitrogens with one attached hydrogen (secondary N) is 1. The molecule has 11 heavy (non-hydrogen) atoms. The molecular weight excluding hydrogens is 140 g/mol.